The van der Waals surface area contributed by atoms with Gasteiger partial charge in [0, 0.05) is 18.6 Å². The van der Waals surface area contributed by atoms with E-state index < -0.39 is 0 Å². The summed E-state index contributed by atoms with van der Waals surface area (Å²) in [7, 11) is 0. The van der Waals surface area contributed by atoms with Gasteiger partial charge in [-0.05, 0) is 30.5 Å². The quantitative estimate of drug-likeness (QED) is 0.875. The lowest BCUT2D eigenvalue weighted by atomic mass is 9.85. The van der Waals surface area contributed by atoms with Crippen LogP contribution in [0.2, 0.25) is 0 Å². The highest BCUT2D eigenvalue weighted by molar-refractivity contribution is 5.78. The average molecular weight is 265 g/mol. The lowest BCUT2D eigenvalue weighted by molar-refractivity contribution is -0.121. The van der Waals surface area contributed by atoms with Crippen LogP contribution in [0.4, 0.5) is 4.39 Å². The van der Waals surface area contributed by atoms with Crippen LogP contribution in [0.5, 0.6) is 0 Å². The van der Waals surface area contributed by atoms with Crippen molar-refractivity contribution in [1.82, 2.24) is 5.32 Å². The minimum atomic E-state index is -0.323. The maximum atomic E-state index is 13.0. The van der Waals surface area contributed by atoms with Crippen molar-refractivity contribution >= 4 is 5.91 Å². The van der Waals surface area contributed by atoms with Gasteiger partial charge in [-0.1, -0.05) is 25.0 Å². The molecule has 1 aromatic carbocycles. The molecule has 1 amide bonds. The maximum Gasteiger partial charge on any atom is 0.224 e. The van der Waals surface area contributed by atoms with Gasteiger partial charge in [0.2, 0.25) is 5.91 Å². The van der Waals surface area contributed by atoms with Crippen molar-refractivity contribution in [2.24, 2.45) is 5.92 Å². The Hall–Kier alpha value is -1.42. The van der Waals surface area contributed by atoms with Crippen molar-refractivity contribution in [2.75, 3.05) is 6.61 Å². The molecule has 0 spiro atoms. The zero-order valence-electron chi connectivity index (χ0n) is 10.9. The molecule has 0 bridgehead atoms. The fourth-order valence-electron chi connectivity index (χ4n) is 2.71. The molecule has 104 valence electrons. The number of rotatable bonds is 4. The highest BCUT2D eigenvalue weighted by atomic mass is 19.1. The summed E-state index contributed by atoms with van der Waals surface area (Å²) in [5.41, 5.74) is 0.675. The number of benzene rings is 1. The predicted molar refractivity (Wildman–Crippen MR) is 71.1 cm³/mol. The molecule has 2 rings (SSSR count). The van der Waals surface area contributed by atoms with E-state index in [0.717, 1.165) is 25.7 Å². The Morgan fingerprint density at radius 3 is 2.89 bits per heavy atom. The SMILES string of the molecule is O=C(Cc1cccc(F)c1)NC1CCCCC1CO. The molecule has 4 heteroatoms. The molecule has 0 saturated heterocycles. The number of carbonyl (C=O) groups is 1. The fourth-order valence-corrected chi connectivity index (χ4v) is 2.71. The third-order valence-corrected chi connectivity index (χ3v) is 3.74. The molecule has 1 fully saturated rings. The third-order valence-electron chi connectivity index (χ3n) is 3.74. The molecule has 3 nitrogen and oxygen atoms in total. The molecule has 1 saturated carbocycles. The highest BCUT2D eigenvalue weighted by Gasteiger charge is 2.25. The van der Waals surface area contributed by atoms with Gasteiger partial charge in [0.25, 0.3) is 0 Å². The van der Waals surface area contributed by atoms with E-state index >= 15 is 0 Å². The third kappa shape index (κ3) is 4.03. The second-order valence-corrected chi connectivity index (χ2v) is 5.21. The lowest BCUT2D eigenvalue weighted by Gasteiger charge is -2.30. The summed E-state index contributed by atoms with van der Waals surface area (Å²) >= 11 is 0. The van der Waals surface area contributed by atoms with Gasteiger partial charge in [-0.25, -0.2) is 4.39 Å². The van der Waals surface area contributed by atoms with Crippen molar-refractivity contribution in [3.63, 3.8) is 0 Å². The monoisotopic (exact) mass is 265 g/mol. The van der Waals surface area contributed by atoms with E-state index in [-0.39, 0.29) is 36.7 Å². The number of aliphatic hydroxyl groups excluding tert-OH is 1. The van der Waals surface area contributed by atoms with E-state index in [1.807, 2.05) is 0 Å². The van der Waals surface area contributed by atoms with Crippen LogP contribution in [0.3, 0.4) is 0 Å². The van der Waals surface area contributed by atoms with Gasteiger partial charge in [-0.3, -0.25) is 4.79 Å². The number of nitrogens with one attached hydrogen (secondary N) is 1. The van der Waals surface area contributed by atoms with E-state index in [9.17, 15) is 14.3 Å². The molecule has 1 aliphatic rings. The molecule has 19 heavy (non-hydrogen) atoms. The summed E-state index contributed by atoms with van der Waals surface area (Å²) < 4.78 is 13.0. The normalized spacial score (nSPS) is 23.1. The van der Waals surface area contributed by atoms with Gasteiger partial charge in [0.05, 0.1) is 6.42 Å². The van der Waals surface area contributed by atoms with E-state index in [0.29, 0.717) is 5.56 Å². The van der Waals surface area contributed by atoms with Gasteiger partial charge < -0.3 is 10.4 Å². The topological polar surface area (TPSA) is 49.3 Å². The number of hydrogen-bond donors (Lipinski definition) is 2. The van der Waals surface area contributed by atoms with Crippen molar-refractivity contribution < 1.29 is 14.3 Å². The largest absolute Gasteiger partial charge is 0.396 e. The first kappa shape index (κ1) is 14.0. The molecular formula is C15H20FNO2. The Balaban J connectivity index is 1.90. The Labute approximate surface area is 112 Å². The first-order valence-corrected chi connectivity index (χ1v) is 6.83. The fraction of sp³-hybridized carbons (Fsp3) is 0.533. The first-order valence-electron chi connectivity index (χ1n) is 6.83. The smallest absolute Gasteiger partial charge is 0.224 e. The van der Waals surface area contributed by atoms with E-state index in [1.54, 1.807) is 12.1 Å². The second kappa shape index (κ2) is 6.66. The molecule has 1 aromatic rings. The molecule has 2 N–H and O–H groups in total. The minimum Gasteiger partial charge on any atom is -0.396 e. The van der Waals surface area contributed by atoms with E-state index in [1.165, 1.54) is 12.1 Å². The number of aliphatic hydroxyl groups is 1. The standard InChI is InChI=1S/C15H20FNO2/c16-13-6-3-4-11(8-13)9-15(19)17-14-7-2-1-5-12(14)10-18/h3-4,6,8,12,14,18H,1-2,5,7,9-10H2,(H,17,19). The summed E-state index contributed by atoms with van der Waals surface area (Å²) in [5.74, 6) is -0.266. The molecular weight excluding hydrogens is 245 g/mol. The van der Waals surface area contributed by atoms with Crippen LogP contribution >= 0.6 is 0 Å². The van der Waals surface area contributed by atoms with Crippen LogP contribution in [-0.2, 0) is 11.2 Å². The van der Waals surface area contributed by atoms with Crippen LogP contribution in [0.1, 0.15) is 31.2 Å². The van der Waals surface area contributed by atoms with Crippen molar-refractivity contribution in [2.45, 2.75) is 38.1 Å². The first-order chi connectivity index (χ1) is 9.19. The molecule has 0 heterocycles. The van der Waals surface area contributed by atoms with Gasteiger partial charge in [-0.15, -0.1) is 0 Å². The van der Waals surface area contributed by atoms with Crippen LogP contribution < -0.4 is 5.32 Å². The number of carbonyl (C=O) groups excluding carboxylic acids is 1. The minimum absolute atomic E-state index is 0.0554. The zero-order chi connectivity index (χ0) is 13.7. The molecule has 0 radical (unpaired) electrons. The van der Waals surface area contributed by atoms with Gasteiger partial charge in [-0.2, -0.15) is 0 Å². The van der Waals surface area contributed by atoms with Gasteiger partial charge in [0.1, 0.15) is 5.82 Å². The Bertz CT molecular complexity index is 436. The number of halogens is 1. The average Bonchev–Trinajstić information content (AvgIpc) is 2.39. The van der Waals surface area contributed by atoms with Crippen molar-refractivity contribution in [3.8, 4) is 0 Å². The Kier molecular flexibility index (Phi) is 4.91. The summed E-state index contributed by atoms with van der Waals surface area (Å²) in [6.45, 7) is 0.116. The van der Waals surface area contributed by atoms with Crippen LogP contribution in [-0.4, -0.2) is 23.7 Å². The molecule has 2 unspecified atom stereocenters. The van der Waals surface area contributed by atoms with Crippen molar-refractivity contribution in [1.29, 1.82) is 0 Å². The van der Waals surface area contributed by atoms with Crippen LogP contribution in [0, 0.1) is 11.7 Å². The number of hydrogen-bond acceptors (Lipinski definition) is 2. The van der Waals surface area contributed by atoms with Crippen molar-refractivity contribution in [3.05, 3.63) is 35.6 Å². The maximum absolute atomic E-state index is 13.0. The highest BCUT2D eigenvalue weighted by Crippen LogP contribution is 2.24. The van der Waals surface area contributed by atoms with E-state index in [2.05, 4.69) is 5.32 Å². The molecule has 0 aromatic heterocycles. The van der Waals surface area contributed by atoms with E-state index in [4.69, 9.17) is 0 Å². The summed E-state index contributed by atoms with van der Waals surface area (Å²) in [4.78, 5) is 11.9. The van der Waals surface area contributed by atoms with Crippen LogP contribution in [0.25, 0.3) is 0 Å². The Morgan fingerprint density at radius 1 is 1.37 bits per heavy atom. The Morgan fingerprint density at radius 2 is 2.16 bits per heavy atom. The zero-order valence-corrected chi connectivity index (χ0v) is 10.9. The predicted octanol–water partition coefficient (Wildman–Crippen LogP) is 2.04. The molecule has 2 atom stereocenters. The van der Waals surface area contributed by atoms with Gasteiger partial charge >= 0.3 is 0 Å². The summed E-state index contributed by atoms with van der Waals surface area (Å²) in [6.07, 6.45) is 4.26. The lowest BCUT2D eigenvalue weighted by Crippen LogP contribution is -2.44. The van der Waals surface area contributed by atoms with Gasteiger partial charge in [0.15, 0.2) is 0 Å². The molecule has 0 aliphatic heterocycles. The second-order valence-electron chi connectivity index (χ2n) is 5.21. The molecule has 1 aliphatic carbocycles. The summed E-state index contributed by atoms with van der Waals surface area (Å²) in [5, 5.41) is 12.3. The summed E-state index contributed by atoms with van der Waals surface area (Å²) in [6, 6.07) is 6.15. The van der Waals surface area contributed by atoms with Crippen LogP contribution in [0.15, 0.2) is 24.3 Å². The number of amides is 1.